The van der Waals surface area contributed by atoms with Crippen molar-refractivity contribution in [3.8, 4) is 0 Å². The van der Waals surface area contributed by atoms with Gasteiger partial charge in [-0.2, -0.15) is 13.2 Å². The Kier molecular flexibility index (Phi) is 20.0. The number of likely N-dealkylation sites (tertiary alicyclic amines) is 2. The van der Waals surface area contributed by atoms with E-state index in [-0.39, 0.29) is 119 Å². The van der Waals surface area contributed by atoms with Crippen LogP contribution in [0.25, 0.3) is 10.9 Å². The molecule has 428 valence electrons. The Hall–Kier alpha value is -5.51. The van der Waals surface area contributed by atoms with Crippen LogP contribution in [0.1, 0.15) is 147 Å². The Morgan fingerprint density at radius 1 is 0.846 bits per heavy atom. The lowest BCUT2D eigenvalue weighted by molar-refractivity contribution is -0.137. The zero-order valence-electron chi connectivity index (χ0n) is 46.1. The highest BCUT2D eigenvalue weighted by Crippen LogP contribution is 2.37. The molecule has 2 aliphatic heterocycles. The highest BCUT2D eigenvalue weighted by Gasteiger charge is 2.43. The number of anilines is 1. The monoisotopic (exact) mass is 1090 g/mol. The molecule has 21 heteroatoms. The van der Waals surface area contributed by atoms with Gasteiger partial charge in [-0.3, -0.25) is 29.0 Å². The second-order valence-corrected chi connectivity index (χ2v) is 23.3. The fraction of sp³-hybridized carbons (Fsp3) is 0.684. The molecule has 3 aromatic rings. The van der Waals surface area contributed by atoms with Crippen LogP contribution in [0, 0.1) is 11.8 Å². The number of aromatic nitrogens is 3. The molecule has 2 saturated heterocycles. The minimum Gasteiger partial charge on any atom is -0.378 e. The van der Waals surface area contributed by atoms with E-state index < -0.39 is 17.8 Å². The van der Waals surface area contributed by atoms with Gasteiger partial charge in [0.25, 0.3) is 0 Å². The number of ether oxygens (including phenoxy) is 2. The number of pyridine rings is 1. The molecule has 5 amide bonds. The molecular weight excluding hydrogens is 1010 g/mol. The average molecular weight is 1090 g/mol. The van der Waals surface area contributed by atoms with Gasteiger partial charge in [-0.15, -0.1) is 0 Å². The van der Waals surface area contributed by atoms with Gasteiger partial charge in [0.1, 0.15) is 17.7 Å². The summed E-state index contributed by atoms with van der Waals surface area (Å²) in [6.07, 6.45) is 9.86. The minimum atomic E-state index is -4.61. The Labute approximate surface area is 456 Å². The summed E-state index contributed by atoms with van der Waals surface area (Å²) >= 11 is 0. The summed E-state index contributed by atoms with van der Waals surface area (Å²) in [6.45, 7) is 10.9. The molecule has 3 saturated carbocycles. The first-order chi connectivity index (χ1) is 37.3. The van der Waals surface area contributed by atoms with Gasteiger partial charge in [0, 0.05) is 113 Å². The lowest BCUT2D eigenvalue weighted by atomic mass is 9.84. The summed E-state index contributed by atoms with van der Waals surface area (Å²) in [5, 5.41) is 19.7. The molecule has 6 N–H and O–H groups in total. The number of carbonyl (C=O) groups excluding carboxylic acids is 5. The number of hydrogen-bond acceptors (Lipinski definition) is 13. The third-order valence-corrected chi connectivity index (χ3v) is 16.3. The fourth-order valence-electron chi connectivity index (χ4n) is 12.4. The summed E-state index contributed by atoms with van der Waals surface area (Å²) in [4.78, 5) is 82.2. The van der Waals surface area contributed by atoms with Gasteiger partial charge >= 0.3 is 6.18 Å². The first-order valence-corrected chi connectivity index (χ1v) is 28.4. The Morgan fingerprint density at radius 2 is 1.58 bits per heavy atom. The topological polar surface area (TPSA) is 221 Å². The predicted molar refractivity (Wildman–Crippen MR) is 289 cm³/mol. The number of rotatable bonds is 22. The van der Waals surface area contributed by atoms with Crippen LogP contribution in [-0.4, -0.2) is 149 Å². The largest absolute Gasteiger partial charge is 0.416 e. The smallest absolute Gasteiger partial charge is 0.378 e. The highest BCUT2D eigenvalue weighted by atomic mass is 19.4. The summed E-state index contributed by atoms with van der Waals surface area (Å²) < 4.78 is 54.2. The molecule has 0 spiro atoms. The highest BCUT2D eigenvalue weighted by molar-refractivity contribution is 5.93. The van der Waals surface area contributed by atoms with Crippen molar-refractivity contribution in [3.63, 3.8) is 0 Å². The Bertz CT molecular complexity index is 2520. The molecule has 18 nitrogen and oxygen atoms in total. The predicted octanol–water partition coefficient (Wildman–Crippen LogP) is 6.14. The van der Waals surface area contributed by atoms with E-state index in [0.29, 0.717) is 89.8 Å². The number of nitrogens with one attached hydrogen (secondary N) is 6. The number of hydrogen-bond donors (Lipinski definition) is 6. The van der Waals surface area contributed by atoms with E-state index in [9.17, 15) is 37.1 Å². The molecular formula is C57H82F3N11O7. The van der Waals surface area contributed by atoms with Crippen LogP contribution < -0.4 is 31.9 Å². The van der Waals surface area contributed by atoms with Crippen LogP contribution in [0.4, 0.5) is 19.0 Å². The van der Waals surface area contributed by atoms with Crippen molar-refractivity contribution in [1.82, 2.24) is 51.3 Å². The zero-order chi connectivity index (χ0) is 55.6. The van der Waals surface area contributed by atoms with Crippen LogP contribution >= 0.6 is 0 Å². The summed E-state index contributed by atoms with van der Waals surface area (Å²) in [5.41, 5.74) is 0.346. The van der Waals surface area contributed by atoms with Gasteiger partial charge < -0.3 is 51.2 Å². The first kappa shape index (κ1) is 58.6. The second kappa shape index (κ2) is 26.6. The third-order valence-electron chi connectivity index (χ3n) is 16.3. The SMILES string of the molecule is CC(=O)N[C@@H]1C[C@H](NC(C)(C)C)CC[C@@H]1N1CC[C@H](Nc2nc(CCNC(=O)[C@H]3CC[C@H](NC(=O)CCCO[C@H]4CC[C@H](OCCNCC5CC(=O)N(C)[C@@H]5c5cccnc5)CC4)CC3)nc3ccc(C(F)(F)F)cc23)C1=O. The van der Waals surface area contributed by atoms with Crippen LogP contribution in [0.2, 0.25) is 0 Å². The van der Waals surface area contributed by atoms with E-state index >= 15 is 0 Å². The summed E-state index contributed by atoms with van der Waals surface area (Å²) in [5.74, 6) is 0.00623. The van der Waals surface area contributed by atoms with E-state index in [2.05, 4.69) is 67.6 Å². The van der Waals surface area contributed by atoms with Crippen molar-refractivity contribution in [3.05, 3.63) is 59.7 Å². The van der Waals surface area contributed by atoms with Gasteiger partial charge in [-0.25, -0.2) is 9.97 Å². The summed E-state index contributed by atoms with van der Waals surface area (Å²) in [7, 11) is 1.86. The number of amides is 5. The molecule has 0 radical (unpaired) electrons. The second-order valence-electron chi connectivity index (χ2n) is 23.3. The molecule has 5 fully saturated rings. The molecule has 1 unspecified atom stereocenters. The lowest BCUT2D eigenvalue weighted by Gasteiger charge is -2.43. The maximum atomic E-state index is 14.1. The average Bonchev–Trinajstić information content (AvgIpc) is 3.96. The van der Waals surface area contributed by atoms with E-state index in [1.807, 2.05) is 30.3 Å². The molecule has 8 rings (SSSR count). The maximum Gasteiger partial charge on any atom is 0.416 e. The van der Waals surface area contributed by atoms with E-state index in [1.165, 1.54) is 13.0 Å². The number of nitrogens with zero attached hydrogens (tertiary/aromatic N) is 5. The lowest BCUT2D eigenvalue weighted by Crippen LogP contribution is -2.59. The van der Waals surface area contributed by atoms with Crippen LogP contribution in [0.3, 0.4) is 0 Å². The van der Waals surface area contributed by atoms with Crippen molar-refractivity contribution in [2.75, 3.05) is 51.8 Å². The van der Waals surface area contributed by atoms with E-state index in [1.54, 1.807) is 11.1 Å². The van der Waals surface area contributed by atoms with Crippen molar-refractivity contribution in [1.29, 1.82) is 0 Å². The number of carbonyl (C=O) groups is 5. The number of halogens is 3. The maximum absolute atomic E-state index is 14.1. The van der Waals surface area contributed by atoms with Gasteiger partial charge in [-0.1, -0.05) is 6.07 Å². The van der Waals surface area contributed by atoms with Crippen molar-refractivity contribution >= 4 is 46.3 Å². The Balaban J connectivity index is 0.718. The molecule has 2 aromatic heterocycles. The van der Waals surface area contributed by atoms with E-state index in [4.69, 9.17) is 9.47 Å². The zero-order valence-corrected chi connectivity index (χ0v) is 46.1. The van der Waals surface area contributed by atoms with Crippen LogP contribution in [0.5, 0.6) is 0 Å². The molecule has 0 bridgehead atoms. The van der Waals surface area contributed by atoms with Crippen molar-refractivity contribution in [2.24, 2.45) is 11.8 Å². The van der Waals surface area contributed by atoms with E-state index in [0.717, 1.165) is 62.9 Å². The van der Waals surface area contributed by atoms with Crippen molar-refractivity contribution < 1.29 is 46.6 Å². The molecule has 4 heterocycles. The molecule has 3 aliphatic carbocycles. The van der Waals surface area contributed by atoms with Gasteiger partial charge in [0.2, 0.25) is 29.5 Å². The number of benzene rings is 1. The molecule has 5 aliphatic rings. The first-order valence-electron chi connectivity index (χ1n) is 28.4. The Morgan fingerprint density at radius 3 is 2.27 bits per heavy atom. The summed E-state index contributed by atoms with van der Waals surface area (Å²) in [6, 6.07) is 6.12. The quantitative estimate of drug-likeness (QED) is 0.0624. The van der Waals surface area contributed by atoms with Gasteiger partial charge in [0.05, 0.1) is 48.0 Å². The van der Waals surface area contributed by atoms with Crippen LogP contribution in [-0.2, 0) is 46.0 Å². The minimum absolute atomic E-state index is 0.0108. The standard InChI is InChI=1S/C57H82F3N11O7/c1-35(72)64-47-32-41(69-56(2,3)4)15-21-48(47)71-27-23-46(55(71)76)67-53-44-31-39(57(58,59)60)12-20-45(44)66-49(68-53)22-25-63-54(75)36-10-13-40(14-11-36)65-50(73)9-7-28-77-42-16-18-43(19-17-42)78-29-26-62-34-38-30-51(74)70(5)52(38)37-8-6-24-61-33-37/h6,8,12,20,24,31,33,36,38,40-43,46-48,52,62,69H,7,9-11,13-19,21-23,25-30,32,34H2,1-5H3,(H,63,75)(H,64,72)(H,65,73)(H,66,67,68)/t36-,38?,40-,41-,42-,43-,46+,47-,48+,52-/m1/s1. The van der Waals surface area contributed by atoms with Crippen molar-refractivity contribution in [2.45, 2.75) is 191 Å². The molecule has 1 aromatic carbocycles. The fourth-order valence-corrected chi connectivity index (χ4v) is 12.4. The van der Waals surface area contributed by atoms with Gasteiger partial charge in [0.15, 0.2) is 0 Å². The molecule has 6 atom stereocenters. The van der Waals surface area contributed by atoms with Gasteiger partial charge in [-0.05, 0) is 134 Å². The third kappa shape index (κ3) is 16.1. The molecule has 78 heavy (non-hydrogen) atoms. The van der Waals surface area contributed by atoms with Crippen LogP contribution in [0.15, 0.2) is 42.7 Å². The number of alkyl halides is 3. The normalized spacial score (nSPS) is 27.0. The number of fused-ring (bicyclic) bond motifs is 1.